The molecule has 1 amide bonds. The van der Waals surface area contributed by atoms with Gasteiger partial charge in [0.25, 0.3) is 0 Å². The third-order valence-corrected chi connectivity index (χ3v) is 4.40. The van der Waals surface area contributed by atoms with Gasteiger partial charge in [-0.25, -0.2) is 4.79 Å². The number of rotatable bonds is 3. The maximum absolute atomic E-state index is 11.6. The van der Waals surface area contributed by atoms with Gasteiger partial charge >= 0.3 is 6.09 Å². The molecule has 0 saturated carbocycles. The Morgan fingerprint density at radius 2 is 2.11 bits per heavy atom. The van der Waals surface area contributed by atoms with E-state index in [0.717, 1.165) is 0 Å². The van der Waals surface area contributed by atoms with Gasteiger partial charge in [-0.2, -0.15) is 0 Å². The number of para-hydroxylation sites is 1. The fourth-order valence-corrected chi connectivity index (χ4v) is 3.47. The second-order valence-electron chi connectivity index (χ2n) is 4.57. The normalized spacial score (nSPS) is 13.1. The quantitative estimate of drug-likeness (QED) is 0.929. The molecule has 1 aliphatic carbocycles. The number of amides is 1. The molecule has 0 radical (unpaired) electrons. The molecule has 0 atom stereocenters. The van der Waals surface area contributed by atoms with Gasteiger partial charge in [0.1, 0.15) is 5.75 Å². The van der Waals surface area contributed by atoms with Gasteiger partial charge in [0.15, 0.2) is 0 Å². The van der Waals surface area contributed by atoms with Crippen molar-refractivity contribution in [3.8, 4) is 5.75 Å². The lowest BCUT2D eigenvalue weighted by Gasteiger charge is -2.05. The van der Waals surface area contributed by atoms with Crippen molar-refractivity contribution in [3.63, 3.8) is 0 Å². The highest BCUT2D eigenvalue weighted by Crippen LogP contribution is 2.30. The Bertz CT molecular complexity index is 556. The van der Waals surface area contributed by atoms with Gasteiger partial charge in [0, 0.05) is 9.75 Å². The number of carbonyl (C=O) groups is 1. The van der Waals surface area contributed by atoms with E-state index in [9.17, 15) is 4.79 Å². The maximum atomic E-state index is 11.6. The number of nitrogens with one attached hydrogen (secondary N) is 1. The van der Waals surface area contributed by atoms with Crippen LogP contribution >= 0.6 is 11.3 Å². The van der Waals surface area contributed by atoms with E-state index < -0.39 is 6.09 Å². The lowest BCUT2D eigenvalue weighted by atomic mass is 10.2. The van der Waals surface area contributed by atoms with Gasteiger partial charge in [-0.1, -0.05) is 18.2 Å². The van der Waals surface area contributed by atoms with Crippen LogP contribution in [0.5, 0.6) is 5.75 Å². The molecule has 3 rings (SSSR count). The summed E-state index contributed by atoms with van der Waals surface area (Å²) in [5.74, 6) is 0.564. The predicted octanol–water partition coefficient (Wildman–Crippen LogP) is 3.53. The first kappa shape index (κ1) is 12.2. The van der Waals surface area contributed by atoms with Crippen LogP contribution in [0, 0.1) is 0 Å². The Balaban J connectivity index is 1.53. The van der Waals surface area contributed by atoms with Crippen molar-refractivity contribution in [2.45, 2.75) is 25.8 Å². The molecule has 0 fully saturated rings. The van der Waals surface area contributed by atoms with E-state index in [-0.39, 0.29) is 0 Å². The minimum Gasteiger partial charge on any atom is -0.410 e. The summed E-state index contributed by atoms with van der Waals surface area (Å²) in [7, 11) is 0. The molecule has 3 nitrogen and oxygen atoms in total. The molecule has 0 unspecified atom stereocenters. The summed E-state index contributed by atoms with van der Waals surface area (Å²) in [6.45, 7) is 0.545. The highest BCUT2D eigenvalue weighted by atomic mass is 32.1. The van der Waals surface area contributed by atoms with E-state index in [1.807, 2.05) is 18.2 Å². The van der Waals surface area contributed by atoms with Gasteiger partial charge in [-0.15, -0.1) is 11.3 Å². The first-order chi connectivity index (χ1) is 9.31. The summed E-state index contributed by atoms with van der Waals surface area (Å²) >= 11 is 1.80. The van der Waals surface area contributed by atoms with Crippen LogP contribution in [-0.4, -0.2) is 6.09 Å². The SMILES string of the molecule is O=C(NCc1cc2c(s1)CCC2)Oc1ccccc1. The van der Waals surface area contributed by atoms with Gasteiger partial charge in [0.05, 0.1) is 6.54 Å². The molecule has 2 aromatic rings. The monoisotopic (exact) mass is 273 g/mol. The van der Waals surface area contributed by atoms with Crippen molar-refractivity contribution in [1.82, 2.24) is 5.32 Å². The molecule has 1 aromatic carbocycles. The number of hydrogen-bond acceptors (Lipinski definition) is 3. The molecular formula is C15H15NO2S. The van der Waals surface area contributed by atoms with Crippen LogP contribution < -0.4 is 10.1 Å². The van der Waals surface area contributed by atoms with Crippen LogP contribution in [0.1, 0.15) is 21.7 Å². The van der Waals surface area contributed by atoms with Gasteiger partial charge in [0.2, 0.25) is 0 Å². The fourth-order valence-electron chi connectivity index (χ4n) is 2.27. The molecule has 0 bridgehead atoms. The molecule has 0 spiro atoms. The van der Waals surface area contributed by atoms with Gasteiger partial charge in [-0.05, 0) is 43.0 Å². The van der Waals surface area contributed by atoms with Crippen molar-refractivity contribution >= 4 is 17.4 Å². The lowest BCUT2D eigenvalue weighted by molar-refractivity contribution is 0.200. The highest BCUT2D eigenvalue weighted by Gasteiger charge is 2.15. The average Bonchev–Trinajstić information content (AvgIpc) is 2.98. The Morgan fingerprint density at radius 1 is 1.26 bits per heavy atom. The number of aryl methyl sites for hydroxylation is 2. The van der Waals surface area contributed by atoms with Gasteiger partial charge in [-0.3, -0.25) is 0 Å². The summed E-state index contributed by atoms with van der Waals surface area (Å²) in [6.07, 6.45) is 3.24. The second kappa shape index (κ2) is 5.45. The summed E-state index contributed by atoms with van der Waals surface area (Å²) in [6, 6.07) is 11.3. The van der Waals surface area contributed by atoms with Crippen molar-refractivity contribution in [2.75, 3.05) is 0 Å². The highest BCUT2D eigenvalue weighted by molar-refractivity contribution is 7.12. The number of benzene rings is 1. The third-order valence-electron chi connectivity index (χ3n) is 3.16. The molecule has 1 aliphatic rings. The molecule has 1 heterocycles. The van der Waals surface area contributed by atoms with Crippen molar-refractivity contribution < 1.29 is 9.53 Å². The van der Waals surface area contributed by atoms with Crippen molar-refractivity contribution in [3.05, 3.63) is 51.7 Å². The molecule has 98 valence electrons. The molecule has 4 heteroatoms. The summed E-state index contributed by atoms with van der Waals surface area (Å²) in [5.41, 5.74) is 1.46. The van der Waals surface area contributed by atoms with Crippen LogP contribution in [0.15, 0.2) is 36.4 Å². The molecule has 1 aromatic heterocycles. The summed E-state index contributed by atoms with van der Waals surface area (Å²) < 4.78 is 5.17. The minimum atomic E-state index is -0.403. The number of ether oxygens (including phenoxy) is 1. The van der Waals surface area contributed by atoms with E-state index in [4.69, 9.17) is 4.74 Å². The molecule has 1 N–H and O–H groups in total. The number of hydrogen-bond donors (Lipinski definition) is 1. The Morgan fingerprint density at radius 3 is 2.89 bits per heavy atom. The maximum Gasteiger partial charge on any atom is 0.412 e. The fraction of sp³-hybridized carbons (Fsp3) is 0.267. The summed E-state index contributed by atoms with van der Waals surface area (Å²) in [5, 5.41) is 2.79. The minimum absolute atomic E-state index is 0.403. The standard InChI is InChI=1S/C15H15NO2S/c17-15(18-12-6-2-1-3-7-12)16-10-13-9-11-5-4-8-14(11)19-13/h1-3,6-7,9H,4-5,8,10H2,(H,16,17). The van der Waals surface area contributed by atoms with E-state index in [0.29, 0.717) is 12.3 Å². The summed E-state index contributed by atoms with van der Waals surface area (Å²) in [4.78, 5) is 14.3. The molecular weight excluding hydrogens is 258 g/mol. The van der Waals surface area contributed by atoms with Crippen LogP contribution in [0.25, 0.3) is 0 Å². The van der Waals surface area contributed by atoms with Crippen molar-refractivity contribution in [2.24, 2.45) is 0 Å². The van der Waals surface area contributed by atoms with E-state index in [1.165, 1.54) is 34.6 Å². The molecule has 0 aliphatic heterocycles. The van der Waals surface area contributed by atoms with E-state index >= 15 is 0 Å². The number of fused-ring (bicyclic) bond motifs is 1. The zero-order chi connectivity index (χ0) is 13.1. The second-order valence-corrected chi connectivity index (χ2v) is 5.79. The Labute approximate surface area is 116 Å². The number of carbonyl (C=O) groups excluding carboxylic acids is 1. The predicted molar refractivity (Wildman–Crippen MR) is 75.6 cm³/mol. The van der Waals surface area contributed by atoms with Crippen molar-refractivity contribution in [1.29, 1.82) is 0 Å². The van der Waals surface area contributed by atoms with Gasteiger partial charge < -0.3 is 10.1 Å². The zero-order valence-corrected chi connectivity index (χ0v) is 11.3. The smallest absolute Gasteiger partial charge is 0.410 e. The Hall–Kier alpha value is -1.81. The average molecular weight is 273 g/mol. The zero-order valence-electron chi connectivity index (χ0n) is 10.5. The largest absolute Gasteiger partial charge is 0.412 e. The molecule has 19 heavy (non-hydrogen) atoms. The first-order valence-corrected chi connectivity index (χ1v) is 7.24. The third kappa shape index (κ3) is 2.96. The van der Waals surface area contributed by atoms with E-state index in [1.54, 1.807) is 23.5 Å². The lowest BCUT2D eigenvalue weighted by Crippen LogP contribution is -2.25. The van der Waals surface area contributed by atoms with Crippen LogP contribution in [0.2, 0.25) is 0 Å². The Kier molecular flexibility index (Phi) is 3.51. The van der Waals surface area contributed by atoms with Crippen LogP contribution in [0.4, 0.5) is 4.79 Å². The first-order valence-electron chi connectivity index (χ1n) is 6.42. The molecule has 0 saturated heterocycles. The number of thiophene rings is 1. The van der Waals surface area contributed by atoms with Crippen LogP contribution in [-0.2, 0) is 19.4 Å². The topological polar surface area (TPSA) is 38.3 Å². The van der Waals surface area contributed by atoms with E-state index in [2.05, 4.69) is 11.4 Å². The van der Waals surface area contributed by atoms with Crippen LogP contribution in [0.3, 0.4) is 0 Å².